The van der Waals surface area contributed by atoms with Crippen molar-refractivity contribution in [2.24, 2.45) is 0 Å². The Balaban J connectivity index is 1.83. The number of nitro benzene ring substituents is 1. The van der Waals surface area contributed by atoms with E-state index in [-0.39, 0.29) is 18.8 Å². The molecule has 0 aliphatic heterocycles. The molecule has 0 bridgehead atoms. The van der Waals surface area contributed by atoms with Crippen molar-refractivity contribution in [3.05, 3.63) is 63.7 Å². The van der Waals surface area contributed by atoms with Crippen LogP contribution < -0.4 is 14.8 Å². The number of rotatable bonds is 7. The van der Waals surface area contributed by atoms with E-state index in [0.29, 0.717) is 17.1 Å². The van der Waals surface area contributed by atoms with Gasteiger partial charge in [0.1, 0.15) is 6.61 Å². The fourth-order valence-corrected chi connectivity index (χ4v) is 2.08. The van der Waals surface area contributed by atoms with Crippen molar-refractivity contribution in [3.63, 3.8) is 0 Å². The van der Waals surface area contributed by atoms with Gasteiger partial charge in [-0.25, -0.2) is 4.79 Å². The molecule has 0 radical (unpaired) electrons. The Hall–Kier alpha value is -3.29. The molecule has 0 atom stereocenters. The van der Waals surface area contributed by atoms with Crippen molar-refractivity contribution < 1.29 is 23.9 Å². The number of nitrogens with one attached hydrogen (secondary N) is 1. The number of methoxy groups -OCH3 is 2. The number of nitrogens with zero attached hydrogens (tertiary/aromatic N) is 1. The minimum absolute atomic E-state index is 0.0124. The monoisotopic (exact) mass is 346 g/mol. The molecule has 0 aromatic heterocycles. The number of hydrogen-bond donors (Lipinski definition) is 1. The van der Waals surface area contributed by atoms with Gasteiger partial charge in [0, 0.05) is 18.7 Å². The molecule has 0 heterocycles. The summed E-state index contributed by atoms with van der Waals surface area (Å²) in [5.41, 5.74) is 1.47. The highest BCUT2D eigenvalue weighted by atomic mass is 16.6. The Morgan fingerprint density at radius 3 is 2.28 bits per heavy atom. The van der Waals surface area contributed by atoms with Gasteiger partial charge >= 0.3 is 6.09 Å². The van der Waals surface area contributed by atoms with E-state index in [2.05, 4.69) is 5.32 Å². The summed E-state index contributed by atoms with van der Waals surface area (Å²) in [5, 5.41) is 13.2. The number of non-ortho nitro benzene ring substituents is 1. The van der Waals surface area contributed by atoms with E-state index >= 15 is 0 Å². The molecule has 0 fully saturated rings. The summed E-state index contributed by atoms with van der Waals surface area (Å²) in [5.74, 6) is 1.17. The van der Waals surface area contributed by atoms with Gasteiger partial charge in [0.05, 0.1) is 19.1 Å². The summed E-state index contributed by atoms with van der Waals surface area (Å²) in [6.07, 6.45) is -0.590. The van der Waals surface area contributed by atoms with Crippen molar-refractivity contribution in [1.82, 2.24) is 5.32 Å². The lowest BCUT2D eigenvalue weighted by molar-refractivity contribution is -0.384. The third-order valence-electron chi connectivity index (χ3n) is 3.40. The molecule has 25 heavy (non-hydrogen) atoms. The molecule has 0 unspecified atom stereocenters. The van der Waals surface area contributed by atoms with Crippen LogP contribution in [0.1, 0.15) is 11.1 Å². The number of carbonyl (C=O) groups excluding carboxylic acids is 1. The van der Waals surface area contributed by atoms with E-state index in [1.165, 1.54) is 19.2 Å². The van der Waals surface area contributed by atoms with Crippen LogP contribution in [-0.2, 0) is 17.9 Å². The van der Waals surface area contributed by atoms with Crippen molar-refractivity contribution in [2.75, 3.05) is 14.2 Å². The molecule has 0 saturated carbocycles. The zero-order valence-electron chi connectivity index (χ0n) is 13.9. The van der Waals surface area contributed by atoms with Crippen LogP contribution in [0.25, 0.3) is 0 Å². The molecule has 0 aliphatic carbocycles. The first-order valence-electron chi connectivity index (χ1n) is 7.38. The number of benzene rings is 2. The van der Waals surface area contributed by atoms with Crippen molar-refractivity contribution in [2.45, 2.75) is 13.2 Å². The van der Waals surface area contributed by atoms with Gasteiger partial charge in [-0.2, -0.15) is 0 Å². The third-order valence-corrected chi connectivity index (χ3v) is 3.40. The minimum atomic E-state index is -0.590. The molecular weight excluding hydrogens is 328 g/mol. The third kappa shape index (κ3) is 5.10. The summed E-state index contributed by atoms with van der Waals surface area (Å²) in [4.78, 5) is 21.8. The van der Waals surface area contributed by atoms with Crippen LogP contribution in [0, 0.1) is 10.1 Å². The zero-order valence-corrected chi connectivity index (χ0v) is 13.9. The fraction of sp³-hybridized carbons (Fsp3) is 0.235. The van der Waals surface area contributed by atoms with E-state index < -0.39 is 11.0 Å². The van der Waals surface area contributed by atoms with Crippen LogP contribution in [0.4, 0.5) is 10.5 Å². The van der Waals surface area contributed by atoms with Crippen LogP contribution in [0.15, 0.2) is 42.5 Å². The molecule has 2 rings (SSSR count). The lowest BCUT2D eigenvalue weighted by Crippen LogP contribution is -2.23. The van der Waals surface area contributed by atoms with Crippen LogP contribution >= 0.6 is 0 Å². The van der Waals surface area contributed by atoms with Gasteiger partial charge in [-0.05, 0) is 35.4 Å². The molecule has 8 nitrogen and oxygen atoms in total. The zero-order chi connectivity index (χ0) is 18.2. The average molecular weight is 346 g/mol. The second-order valence-corrected chi connectivity index (χ2v) is 5.04. The first-order chi connectivity index (χ1) is 12.0. The normalized spacial score (nSPS) is 10.0. The maximum Gasteiger partial charge on any atom is 0.407 e. The van der Waals surface area contributed by atoms with E-state index in [4.69, 9.17) is 14.2 Å². The Bertz CT molecular complexity index is 745. The molecule has 0 spiro atoms. The summed E-state index contributed by atoms with van der Waals surface area (Å²) >= 11 is 0. The highest BCUT2D eigenvalue weighted by Crippen LogP contribution is 2.27. The van der Waals surface area contributed by atoms with E-state index in [1.807, 2.05) is 0 Å². The van der Waals surface area contributed by atoms with Crippen molar-refractivity contribution in [1.29, 1.82) is 0 Å². The van der Waals surface area contributed by atoms with E-state index in [0.717, 1.165) is 5.56 Å². The maximum absolute atomic E-state index is 11.7. The van der Waals surface area contributed by atoms with Crippen LogP contribution in [0.5, 0.6) is 11.5 Å². The molecule has 2 aromatic rings. The largest absolute Gasteiger partial charge is 0.493 e. The smallest absolute Gasteiger partial charge is 0.407 e. The molecule has 1 N–H and O–H groups in total. The molecule has 1 amide bonds. The number of carbonyl (C=O) groups is 1. The Kier molecular flexibility index (Phi) is 6.16. The topological polar surface area (TPSA) is 99.9 Å². The average Bonchev–Trinajstić information content (AvgIpc) is 2.64. The Labute approximate surface area is 144 Å². The summed E-state index contributed by atoms with van der Waals surface area (Å²) in [6, 6.07) is 11.1. The number of nitro groups is 1. The van der Waals surface area contributed by atoms with Gasteiger partial charge in [-0.15, -0.1) is 0 Å². The van der Waals surface area contributed by atoms with Gasteiger partial charge in [0.25, 0.3) is 5.69 Å². The molecule has 0 aliphatic rings. The lowest BCUT2D eigenvalue weighted by Gasteiger charge is -2.10. The standard InChI is InChI=1S/C17H18N2O6/c1-23-15-8-5-13(9-16(15)24-2)10-18-17(20)25-11-12-3-6-14(7-4-12)19(21)22/h3-9H,10-11H2,1-2H3,(H,18,20). The van der Waals surface area contributed by atoms with Gasteiger partial charge in [-0.3, -0.25) is 10.1 Å². The molecule has 8 heteroatoms. The molecular formula is C17H18N2O6. The quantitative estimate of drug-likeness (QED) is 0.611. The number of alkyl carbamates (subject to hydrolysis) is 1. The van der Waals surface area contributed by atoms with Crippen molar-refractivity contribution >= 4 is 11.8 Å². The highest BCUT2D eigenvalue weighted by molar-refractivity contribution is 5.67. The number of amides is 1. The highest BCUT2D eigenvalue weighted by Gasteiger charge is 2.08. The molecule has 0 saturated heterocycles. The fourth-order valence-electron chi connectivity index (χ4n) is 2.08. The minimum Gasteiger partial charge on any atom is -0.493 e. The van der Waals surface area contributed by atoms with Gasteiger partial charge in [-0.1, -0.05) is 6.07 Å². The predicted molar refractivity (Wildman–Crippen MR) is 89.7 cm³/mol. The second kappa shape index (κ2) is 8.53. The predicted octanol–water partition coefficient (Wildman–Crippen LogP) is 3.04. The summed E-state index contributed by atoms with van der Waals surface area (Å²) in [6.45, 7) is 0.287. The second-order valence-electron chi connectivity index (χ2n) is 5.04. The Morgan fingerprint density at radius 2 is 1.68 bits per heavy atom. The molecule has 132 valence electrons. The number of hydrogen-bond acceptors (Lipinski definition) is 6. The van der Waals surface area contributed by atoms with E-state index in [1.54, 1.807) is 37.4 Å². The number of ether oxygens (including phenoxy) is 3. The lowest BCUT2D eigenvalue weighted by atomic mass is 10.2. The summed E-state index contributed by atoms with van der Waals surface area (Å²) < 4.78 is 15.4. The van der Waals surface area contributed by atoms with Crippen LogP contribution in [0.3, 0.4) is 0 Å². The SMILES string of the molecule is COc1ccc(CNC(=O)OCc2ccc([N+](=O)[O-])cc2)cc1OC. The van der Waals surface area contributed by atoms with Crippen LogP contribution in [-0.4, -0.2) is 25.2 Å². The first-order valence-corrected chi connectivity index (χ1v) is 7.38. The van der Waals surface area contributed by atoms with Crippen molar-refractivity contribution in [3.8, 4) is 11.5 Å². The maximum atomic E-state index is 11.7. The Morgan fingerprint density at radius 1 is 1.04 bits per heavy atom. The van der Waals surface area contributed by atoms with Gasteiger partial charge in [0.2, 0.25) is 0 Å². The van der Waals surface area contributed by atoms with Gasteiger partial charge < -0.3 is 19.5 Å². The van der Waals surface area contributed by atoms with Crippen LogP contribution in [0.2, 0.25) is 0 Å². The molecule has 2 aromatic carbocycles. The summed E-state index contributed by atoms with van der Waals surface area (Å²) in [7, 11) is 3.08. The van der Waals surface area contributed by atoms with E-state index in [9.17, 15) is 14.9 Å². The van der Waals surface area contributed by atoms with Gasteiger partial charge in [0.15, 0.2) is 11.5 Å². The first kappa shape index (κ1) is 18.1.